The molecule has 0 bridgehead atoms. The Morgan fingerprint density at radius 2 is 1.82 bits per heavy atom. The van der Waals surface area contributed by atoms with Gasteiger partial charge in [-0.1, -0.05) is 39.5 Å². The molecule has 0 aliphatic heterocycles. The highest BCUT2D eigenvalue weighted by Gasteiger charge is 2.37. The van der Waals surface area contributed by atoms with Gasteiger partial charge in [0.05, 0.1) is 5.54 Å². The second-order valence-corrected chi connectivity index (χ2v) is 6.06. The van der Waals surface area contributed by atoms with Crippen LogP contribution in [0.4, 0.5) is 0 Å². The maximum atomic E-state index is 12.0. The largest absolute Gasteiger partial charge is 0.352 e. The molecule has 1 saturated carbocycles. The van der Waals surface area contributed by atoms with Crippen LogP contribution in [0, 0.1) is 5.92 Å². The van der Waals surface area contributed by atoms with Gasteiger partial charge in [-0.15, -0.1) is 0 Å². The van der Waals surface area contributed by atoms with Crippen LogP contribution in [0.15, 0.2) is 0 Å². The number of nitrogens with one attached hydrogen (secondary N) is 1. The predicted octanol–water partition coefficient (Wildman–Crippen LogP) is 2.59. The van der Waals surface area contributed by atoms with Gasteiger partial charge in [0.2, 0.25) is 5.91 Å². The molecule has 0 spiro atoms. The highest BCUT2D eigenvalue weighted by molar-refractivity contribution is 5.86. The van der Waals surface area contributed by atoms with Gasteiger partial charge in [0, 0.05) is 6.04 Å². The van der Waals surface area contributed by atoms with Crippen LogP contribution < -0.4 is 11.1 Å². The summed E-state index contributed by atoms with van der Waals surface area (Å²) in [7, 11) is 0. The molecule has 0 aromatic rings. The first kappa shape index (κ1) is 14.5. The summed E-state index contributed by atoms with van der Waals surface area (Å²) in [5.41, 5.74) is 5.54. The average Bonchev–Trinajstić information content (AvgIpc) is 2.66. The monoisotopic (exact) mass is 240 g/mol. The van der Waals surface area contributed by atoms with Crippen LogP contribution in [0.2, 0.25) is 0 Å². The molecule has 100 valence electrons. The van der Waals surface area contributed by atoms with Crippen LogP contribution in [0.25, 0.3) is 0 Å². The third-order valence-electron chi connectivity index (χ3n) is 3.74. The van der Waals surface area contributed by atoms with E-state index in [9.17, 15) is 4.79 Å². The summed E-state index contributed by atoms with van der Waals surface area (Å²) < 4.78 is 0. The third-order valence-corrected chi connectivity index (χ3v) is 3.74. The van der Waals surface area contributed by atoms with Gasteiger partial charge in [-0.2, -0.15) is 0 Å². The SMILES string of the molecule is CC(C)CCCC(C)NC(=O)C1(N)CCCC1. The van der Waals surface area contributed by atoms with Crippen molar-refractivity contribution in [2.45, 2.75) is 77.3 Å². The van der Waals surface area contributed by atoms with Gasteiger partial charge in [0.15, 0.2) is 0 Å². The molecule has 1 aliphatic rings. The van der Waals surface area contributed by atoms with E-state index in [1.54, 1.807) is 0 Å². The highest BCUT2D eigenvalue weighted by atomic mass is 16.2. The van der Waals surface area contributed by atoms with Crippen molar-refractivity contribution in [1.29, 1.82) is 0 Å². The lowest BCUT2D eigenvalue weighted by atomic mass is 9.97. The van der Waals surface area contributed by atoms with E-state index in [-0.39, 0.29) is 11.9 Å². The summed E-state index contributed by atoms with van der Waals surface area (Å²) in [4.78, 5) is 12.0. The quantitative estimate of drug-likeness (QED) is 0.750. The molecule has 0 aromatic carbocycles. The molecule has 0 saturated heterocycles. The summed E-state index contributed by atoms with van der Waals surface area (Å²) in [6.07, 6.45) is 7.33. The van der Waals surface area contributed by atoms with Crippen LogP contribution in [0.1, 0.15) is 65.7 Å². The number of amides is 1. The Kier molecular flexibility index (Phi) is 5.44. The first-order valence-corrected chi connectivity index (χ1v) is 7.04. The molecule has 1 rings (SSSR count). The van der Waals surface area contributed by atoms with Gasteiger partial charge in [-0.3, -0.25) is 4.79 Å². The fraction of sp³-hybridized carbons (Fsp3) is 0.929. The fourth-order valence-electron chi connectivity index (χ4n) is 2.50. The van der Waals surface area contributed by atoms with Crippen LogP contribution in [0.5, 0.6) is 0 Å². The molecule has 3 heteroatoms. The summed E-state index contributed by atoms with van der Waals surface area (Å²) in [6, 6.07) is 0.252. The highest BCUT2D eigenvalue weighted by Crippen LogP contribution is 2.27. The van der Waals surface area contributed by atoms with Crippen molar-refractivity contribution in [2.75, 3.05) is 0 Å². The fourth-order valence-corrected chi connectivity index (χ4v) is 2.50. The normalized spacial score (nSPS) is 20.5. The molecular weight excluding hydrogens is 212 g/mol. The van der Waals surface area contributed by atoms with Crippen molar-refractivity contribution in [3.05, 3.63) is 0 Å². The molecular formula is C14H28N2O. The molecule has 3 N–H and O–H groups in total. The Balaban J connectivity index is 2.25. The van der Waals surface area contributed by atoms with E-state index in [0.717, 1.165) is 38.0 Å². The molecule has 1 fully saturated rings. The van der Waals surface area contributed by atoms with E-state index in [2.05, 4.69) is 26.1 Å². The van der Waals surface area contributed by atoms with Crippen LogP contribution in [-0.4, -0.2) is 17.5 Å². The van der Waals surface area contributed by atoms with Gasteiger partial charge in [0.1, 0.15) is 0 Å². The van der Waals surface area contributed by atoms with Gasteiger partial charge in [0.25, 0.3) is 0 Å². The molecule has 0 radical (unpaired) electrons. The molecule has 1 unspecified atom stereocenters. The topological polar surface area (TPSA) is 55.1 Å². The minimum atomic E-state index is -0.577. The Labute approximate surface area is 106 Å². The van der Waals surface area contributed by atoms with Gasteiger partial charge < -0.3 is 11.1 Å². The lowest BCUT2D eigenvalue weighted by molar-refractivity contribution is -0.126. The summed E-state index contributed by atoms with van der Waals surface area (Å²) in [5, 5.41) is 3.07. The molecule has 1 amide bonds. The van der Waals surface area contributed by atoms with Crippen molar-refractivity contribution in [3.63, 3.8) is 0 Å². The first-order chi connectivity index (χ1) is 7.94. The third kappa shape index (κ3) is 4.66. The second-order valence-electron chi connectivity index (χ2n) is 6.06. The van der Waals surface area contributed by atoms with E-state index >= 15 is 0 Å². The van der Waals surface area contributed by atoms with E-state index in [1.165, 1.54) is 12.8 Å². The Morgan fingerprint density at radius 1 is 1.24 bits per heavy atom. The standard InChI is InChI=1S/C14H28N2O/c1-11(2)7-6-8-12(3)16-13(17)14(15)9-4-5-10-14/h11-12H,4-10,15H2,1-3H3,(H,16,17). The van der Waals surface area contributed by atoms with E-state index in [4.69, 9.17) is 5.73 Å². The second kappa shape index (κ2) is 6.39. The van der Waals surface area contributed by atoms with Crippen LogP contribution in [-0.2, 0) is 4.79 Å². The zero-order valence-corrected chi connectivity index (χ0v) is 11.6. The zero-order valence-electron chi connectivity index (χ0n) is 11.6. The van der Waals surface area contributed by atoms with E-state index in [1.807, 2.05) is 0 Å². The predicted molar refractivity (Wildman–Crippen MR) is 71.7 cm³/mol. The number of carbonyl (C=O) groups excluding carboxylic acids is 1. The summed E-state index contributed by atoms with van der Waals surface area (Å²) in [6.45, 7) is 6.55. The van der Waals surface area contributed by atoms with Crippen molar-refractivity contribution in [3.8, 4) is 0 Å². The lowest BCUT2D eigenvalue weighted by Crippen LogP contribution is -2.53. The van der Waals surface area contributed by atoms with E-state index < -0.39 is 5.54 Å². The minimum Gasteiger partial charge on any atom is -0.352 e. The van der Waals surface area contributed by atoms with Gasteiger partial charge in [-0.25, -0.2) is 0 Å². The number of hydrogen-bond donors (Lipinski definition) is 2. The number of nitrogens with two attached hydrogens (primary N) is 1. The van der Waals surface area contributed by atoms with Crippen LogP contribution in [0.3, 0.4) is 0 Å². The molecule has 3 nitrogen and oxygen atoms in total. The smallest absolute Gasteiger partial charge is 0.240 e. The molecule has 1 atom stereocenters. The van der Waals surface area contributed by atoms with Crippen molar-refractivity contribution >= 4 is 5.91 Å². The van der Waals surface area contributed by atoms with Crippen molar-refractivity contribution < 1.29 is 4.79 Å². The van der Waals surface area contributed by atoms with Gasteiger partial charge in [-0.05, 0) is 32.1 Å². The van der Waals surface area contributed by atoms with Crippen LogP contribution >= 0.6 is 0 Å². The summed E-state index contributed by atoms with van der Waals surface area (Å²) >= 11 is 0. The zero-order chi connectivity index (χ0) is 12.9. The maximum Gasteiger partial charge on any atom is 0.240 e. The van der Waals surface area contributed by atoms with Crippen molar-refractivity contribution in [2.24, 2.45) is 11.7 Å². The summed E-state index contributed by atoms with van der Waals surface area (Å²) in [5.74, 6) is 0.806. The van der Waals surface area contributed by atoms with Gasteiger partial charge >= 0.3 is 0 Å². The number of carbonyl (C=O) groups is 1. The minimum absolute atomic E-state index is 0.0621. The number of rotatable bonds is 6. The molecule has 0 aromatic heterocycles. The number of hydrogen-bond acceptors (Lipinski definition) is 2. The Bertz CT molecular complexity index is 245. The molecule has 17 heavy (non-hydrogen) atoms. The van der Waals surface area contributed by atoms with Crippen molar-refractivity contribution in [1.82, 2.24) is 5.32 Å². The Hall–Kier alpha value is -0.570. The molecule has 0 heterocycles. The maximum absolute atomic E-state index is 12.0. The first-order valence-electron chi connectivity index (χ1n) is 7.04. The lowest BCUT2D eigenvalue weighted by Gasteiger charge is -2.25. The average molecular weight is 240 g/mol. The van der Waals surface area contributed by atoms with E-state index in [0.29, 0.717) is 0 Å². The Morgan fingerprint density at radius 3 is 2.35 bits per heavy atom. The molecule has 1 aliphatic carbocycles.